The van der Waals surface area contributed by atoms with Crippen molar-refractivity contribution in [1.82, 2.24) is 9.78 Å². The Balaban J connectivity index is 2.41. The van der Waals surface area contributed by atoms with E-state index in [0.29, 0.717) is 12.2 Å². The third kappa shape index (κ3) is 3.71. The first-order chi connectivity index (χ1) is 7.13. The number of nitrogens with zero attached hydrogens (tertiary/aromatic N) is 2. The molecule has 5 heteroatoms. The number of unbranched alkanes of at least 4 members (excludes halogenated alkanes) is 1. The number of anilines is 1. The summed E-state index contributed by atoms with van der Waals surface area (Å²) in [6, 6.07) is 1.68. The van der Waals surface area contributed by atoms with Gasteiger partial charge >= 0.3 is 0 Å². The number of hydrogen-bond acceptors (Lipinski definition) is 3. The molecule has 84 valence electrons. The quantitative estimate of drug-likeness (QED) is 0.760. The lowest BCUT2D eigenvalue weighted by Crippen LogP contribution is -2.27. The van der Waals surface area contributed by atoms with Gasteiger partial charge in [-0.3, -0.25) is 9.48 Å². The third-order valence-electron chi connectivity index (χ3n) is 2.10. The summed E-state index contributed by atoms with van der Waals surface area (Å²) in [4.78, 5) is 11.4. The topological polar surface area (TPSA) is 67.2 Å². The molecule has 0 aliphatic heterocycles. The molecular weight excluding hydrogens is 194 g/mol. The van der Waals surface area contributed by atoms with Crippen LogP contribution in [-0.4, -0.2) is 26.9 Å². The van der Waals surface area contributed by atoms with Crippen molar-refractivity contribution in [3.8, 4) is 0 Å². The summed E-state index contributed by atoms with van der Waals surface area (Å²) >= 11 is 0. The van der Waals surface area contributed by atoms with Crippen LogP contribution in [0.4, 0.5) is 5.82 Å². The van der Waals surface area contributed by atoms with E-state index in [4.69, 9.17) is 0 Å². The first-order valence-electron chi connectivity index (χ1n) is 5.12. The number of aliphatic hydroxyl groups excluding tert-OH is 1. The van der Waals surface area contributed by atoms with Gasteiger partial charge < -0.3 is 10.4 Å². The Morgan fingerprint density at radius 2 is 2.47 bits per heavy atom. The number of aryl methyl sites for hydroxylation is 1. The van der Waals surface area contributed by atoms with Crippen molar-refractivity contribution < 1.29 is 9.90 Å². The highest BCUT2D eigenvalue weighted by molar-refractivity contribution is 5.93. The lowest BCUT2D eigenvalue weighted by atomic mass is 10.1. The average molecular weight is 211 g/mol. The van der Waals surface area contributed by atoms with Crippen molar-refractivity contribution in [2.75, 3.05) is 5.32 Å². The number of carbonyl (C=O) groups excluding carboxylic acids is 1. The molecule has 1 heterocycles. The Morgan fingerprint density at radius 3 is 3.00 bits per heavy atom. The molecule has 1 rings (SSSR count). The van der Waals surface area contributed by atoms with E-state index in [9.17, 15) is 9.90 Å². The zero-order valence-corrected chi connectivity index (χ0v) is 9.10. The van der Waals surface area contributed by atoms with E-state index in [2.05, 4.69) is 10.4 Å². The van der Waals surface area contributed by atoms with Gasteiger partial charge in [-0.05, 0) is 6.42 Å². The van der Waals surface area contributed by atoms with Gasteiger partial charge in [0.05, 0.1) is 0 Å². The Kier molecular flexibility index (Phi) is 4.30. The number of amides is 1. The molecule has 0 saturated heterocycles. The highest BCUT2D eigenvalue weighted by atomic mass is 16.3. The number of aromatic nitrogens is 2. The highest BCUT2D eigenvalue weighted by Gasteiger charge is 2.14. The van der Waals surface area contributed by atoms with Gasteiger partial charge in [0, 0.05) is 19.3 Å². The van der Waals surface area contributed by atoms with Gasteiger partial charge in [-0.25, -0.2) is 0 Å². The van der Waals surface area contributed by atoms with Gasteiger partial charge in [0.1, 0.15) is 6.10 Å². The summed E-state index contributed by atoms with van der Waals surface area (Å²) in [5.41, 5.74) is 0. The van der Waals surface area contributed by atoms with E-state index < -0.39 is 6.10 Å². The Labute approximate surface area is 89.1 Å². The molecule has 2 N–H and O–H groups in total. The van der Waals surface area contributed by atoms with Crippen LogP contribution in [0.1, 0.15) is 26.2 Å². The van der Waals surface area contributed by atoms with Crippen LogP contribution in [-0.2, 0) is 11.8 Å². The second-order valence-electron chi connectivity index (χ2n) is 3.52. The molecular formula is C10H17N3O2. The number of hydrogen-bond donors (Lipinski definition) is 2. The van der Waals surface area contributed by atoms with Gasteiger partial charge in [-0.2, -0.15) is 5.10 Å². The first kappa shape index (κ1) is 11.7. The largest absolute Gasteiger partial charge is 0.383 e. The van der Waals surface area contributed by atoms with Crippen LogP contribution >= 0.6 is 0 Å². The molecule has 0 saturated carbocycles. The van der Waals surface area contributed by atoms with E-state index in [1.54, 1.807) is 24.0 Å². The van der Waals surface area contributed by atoms with Crippen LogP contribution in [0, 0.1) is 0 Å². The van der Waals surface area contributed by atoms with Crippen molar-refractivity contribution in [2.45, 2.75) is 32.3 Å². The number of aliphatic hydroxyl groups is 1. The van der Waals surface area contributed by atoms with Gasteiger partial charge in [0.2, 0.25) is 0 Å². The SMILES string of the molecule is CCCCC(O)C(=O)Nc1ccn(C)n1. The van der Waals surface area contributed by atoms with Crippen LogP contribution in [0.2, 0.25) is 0 Å². The molecule has 0 aliphatic rings. The van der Waals surface area contributed by atoms with Crippen LogP contribution in [0.5, 0.6) is 0 Å². The fraction of sp³-hybridized carbons (Fsp3) is 0.600. The summed E-state index contributed by atoms with van der Waals surface area (Å²) in [6.07, 6.45) is 3.10. The first-order valence-corrected chi connectivity index (χ1v) is 5.12. The van der Waals surface area contributed by atoms with Crippen LogP contribution in [0.15, 0.2) is 12.3 Å². The molecule has 0 bridgehead atoms. The van der Waals surface area contributed by atoms with Gasteiger partial charge in [-0.1, -0.05) is 19.8 Å². The van der Waals surface area contributed by atoms with Gasteiger partial charge in [0.15, 0.2) is 5.82 Å². The van der Waals surface area contributed by atoms with Crippen LogP contribution in [0.3, 0.4) is 0 Å². The van der Waals surface area contributed by atoms with E-state index in [1.807, 2.05) is 6.92 Å². The minimum atomic E-state index is -0.938. The number of nitrogens with one attached hydrogen (secondary N) is 1. The summed E-state index contributed by atoms with van der Waals surface area (Å²) in [5, 5.41) is 16.0. The number of rotatable bonds is 5. The third-order valence-corrected chi connectivity index (χ3v) is 2.10. The lowest BCUT2D eigenvalue weighted by molar-refractivity contribution is -0.124. The van der Waals surface area contributed by atoms with E-state index in [0.717, 1.165) is 12.8 Å². The molecule has 1 atom stereocenters. The normalized spacial score (nSPS) is 12.5. The lowest BCUT2D eigenvalue weighted by Gasteiger charge is -2.08. The molecule has 0 radical (unpaired) electrons. The fourth-order valence-corrected chi connectivity index (χ4v) is 1.22. The molecule has 1 aromatic rings. The maximum atomic E-state index is 11.4. The fourth-order valence-electron chi connectivity index (χ4n) is 1.22. The minimum Gasteiger partial charge on any atom is -0.383 e. The average Bonchev–Trinajstić information content (AvgIpc) is 2.60. The zero-order chi connectivity index (χ0) is 11.3. The van der Waals surface area contributed by atoms with E-state index in [-0.39, 0.29) is 5.91 Å². The zero-order valence-electron chi connectivity index (χ0n) is 9.10. The molecule has 1 amide bonds. The molecule has 5 nitrogen and oxygen atoms in total. The summed E-state index contributed by atoms with van der Waals surface area (Å²) < 4.78 is 1.59. The molecule has 1 aromatic heterocycles. The molecule has 0 aromatic carbocycles. The standard InChI is InChI=1S/C10H17N3O2/c1-3-4-5-8(14)10(15)11-9-6-7-13(2)12-9/h6-8,14H,3-5H2,1-2H3,(H,11,12,15). The van der Waals surface area contributed by atoms with Crippen molar-refractivity contribution in [3.63, 3.8) is 0 Å². The maximum Gasteiger partial charge on any atom is 0.254 e. The van der Waals surface area contributed by atoms with Crippen LogP contribution in [0.25, 0.3) is 0 Å². The van der Waals surface area contributed by atoms with Crippen molar-refractivity contribution in [3.05, 3.63) is 12.3 Å². The Bertz CT molecular complexity index is 322. The molecule has 0 aliphatic carbocycles. The monoisotopic (exact) mass is 211 g/mol. The predicted octanol–water partition coefficient (Wildman–Crippen LogP) is 0.910. The molecule has 0 spiro atoms. The Morgan fingerprint density at radius 1 is 1.73 bits per heavy atom. The summed E-state index contributed by atoms with van der Waals surface area (Å²) in [5.74, 6) is 0.0835. The molecule has 1 unspecified atom stereocenters. The van der Waals surface area contributed by atoms with Crippen molar-refractivity contribution in [2.24, 2.45) is 7.05 Å². The Hall–Kier alpha value is -1.36. The molecule has 0 fully saturated rings. The van der Waals surface area contributed by atoms with Crippen molar-refractivity contribution in [1.29, 1.82) is 0 Å². The second-order valence-corrected chi connectivity index (χ2v) is 3.52. The highest BCUT2D eigenvalue weighted by Crippen LogP contribution is 2.05. The number of carbonyl (C=O) groups is 1. The smallest absolute Gasteiger partial charge is 0.254 e. The molecule has 15 heavy (non-hydrogen) atoms. The van der Waals surface area contributed by atoms with Gasteiger partial charge in [0.25, 0.3) is 5.91 Å². The second kappa shape index (κ2) is 5.50. The van der Waals surface area contributed by atoms with Crippen LogP contribution < -0.4 is 5.32 Å². The summed E-state index contributed by atoms with van der Waals surface area (Å²) in [6.45, 7) is 2.02. The van der Waals surface area contributed by atoms with Gasteiger partial charge in [-0.15, -0.1) is 0 Å². The predicted molar refractivity (Wildman–Crippen MR) is 57.4 cm³/mol. The maximum absolute atomic E-state index is 11.4. The van der Waals surface area contributed by atoms with E-state index >= 15 is 0 Å². The van der Waals surface area contributed by atoms with Crippen molar-refractivity contribution >= 4 is 11.7 Å². The minimum absolute atomic E-state index is 0.387. The van der Waals surface area contributed by atoms with E-state index in [1.165, 1.54) is 0 Å². The summed E-state index contributed by atoms with van der Waals surface area (Å²) in [7, 11) is 1.77.